The van der Waals surface area contributed by atoms with E-state index in [1.807, 2.05) is 0 Å². The summed E-state index contributed by atoms with van der Waals surface area (Å²) in [5, 5.41) is 10.6. The van der Waals surface area contributed by atoms with Gasteiger partial charge in [-0.15, -0.1) is 0 Å². The zero-order chi connectivity index (χ0) is 67.5. The van der Waals surface area contributed by atoms with Crippen LogP contribution in [0.25, 0.3) is 0 Å². The molecule has 92 heavy (non-hydrogen) atoms. The van der Waals surface area contributed by atoms with E-state index in [4.69, 9.17) is 37.0 Å². The first-order valence-electron chi connectivity index (χ1n) is 38.3. The van der Waals surface area contributed by atoms with E-state index >= 15 is 0 Å². The van der Waals surface area contributed by atoms with Crippen LogP contribution in [-0.4, -0.2) is 96.7 Å². The molecule has 19 heteroatoms. The summed E-state index contributed by atoms with van der Waals surface area (Å²) in [6, 6.07) is 0. The van der Waals surface area contributed by atoms with Crippen molar-refractivity contribution >= 4 is 39.5 Å². The maximum absolute atomic E-state index is 13.1. The van der Waals surface area contributed by atoms with Crippen molar-refractivity contribution < 1.29 is 80.2 Å². The first-order chi connectivity index (χ1) is 44.7. The zero-order valence-corrected chi connectivity index (χ0v) is 61.3. The van der Waals surface area contributed by atoms with Gasteiger partial charge < -0.3 is 33.8 Å². The van der Waals surface area contributed by atoms with Gasteiger partial charge in [-0.25, -0.2) is 9.13 Å². The number of carbonyl (C=O) groups excluding carboxylic acids is 4. The Hall–Kier alpha value is -1.94. The van der Waals surface area contributed by atoms with Crippen molar-refractivity contribution in [2.24, 2.45) is 0 Å². The average molecular weight is 1350 g/mol. The first-order valence-corrected chi connectivity index (χ1v) is 41.3. The van der Waals surface area contributed by atoms with Crippen LogP contribution < -0.4 is 0 Å². The Morgan fingerprint density at radius 3 is 0.641 bits per heavy atom. The monoisotopic (exact) mass is 1350 g/mol. The molecule has 0 rings (SSSR count). The topological polar surface area (TPSA) is 237 Å². The number of unbranched alkanes of at least 4 members (excludes halogenated alkanes) is 48. The van der Waals surface area contributed by atoms with Crippen LogP contribution in [0.5, 0.6) is 0 Å². The number of rotatable bonds is 74. The van der Waals surface area contributed by atoms with Crippen LogP contribution in [0.15, 0.2) is 0 Å². The number of aliphatic hydroxyl groups excluding tert-OH is 1. The molecule has 5 atom stereocenters. The minimum Gasteiger partial charge on any atom is -0.462 e. The predicted octanol–water partition coefficient (Wildman–Crippen LogP) is 21.4. The largest absolute Gasteiger partial charge is 0.472 e. The van der Waals surface area contributed by atoms with E-state index in [1.54, 1.807) is 0 Å². The van der Waals surface area contributed by atoms with E-state index in [9.17, 15) is 43.2 Å². The van der Waals surface area contributed by atoms with E-state index in [0.717, 1.165) is 96.3 Å². The molecule has 0 amide bonds. The van der Waals surface area contributed by atoms with Gasteiger partial charge in [-0.3, -0.25) is 37.3 Å². The van der Waals surface area contributed by atoms with E-state index in [1.165, 1.54) is 212 Å². The maximum atomic E-state index is 13.1. The molecule has 0 heterocycles. The van der Waals surface area contributed by atoms with E-state index in [2.05, 4.69) is 27.7 Å². The van der Waals surface area contributed by atoms with Crippen LogP contribution in [0.1, 0.15) is 387 Å². The molecule has 2 unspecified atom stereocenters. The SMILES string of the molecule is CCCCCCCCCCCCCCCCCCCCCC(=O)OC[C@H](COP(=O)(O)OC[C@@H](O)COP(=O)(O)OC[C@@H](COC(=O)CCCCCCC)OC(=O)CCCCCCCCCCC)OC(=O)CCCCCCCCCCCCCCCCCCCCC. The third-order valence-corrected chi connectivity index (χ3v) is 19.0. The van der Waals surface area contributed by atoms with Crippen molar-refractivity contribution in [1.29, 1.82) is 0 Å². The van der Waals surface area contributed by atoms with Gasteiger partial charge >= 0.3 is 39.5 Å². The van der Waals surface area contributed by atoms with Gasteiger partial charge in [0.05, 0.1) is 26.4 Å². The Kier molecular flexibility index (Phi) is 66.2. The molecule has 0 aliphatic heterocycles. The lowest BCUT2D eigenvalue weighted by molar-refractivity contribution is -0.161. The van der Waals surface area contributed by atoms with Gasteiger partial charge in [0.2, 0.25) is 0 Å². The normalized spacial score (nSPS) is 13.9. The number of hydrogen-bond acceptors (Lipinski definition) is 15. The second kappa shape index (κ2) is 67.6. The zero-order valence-electron chi connectivity index (χ0n) is 59.5. The number of carbonyl (C=O) groups is 4. The molecule has 0 spiro atoms. The number of hydrogen-bond donors (Lipinski definition) is 3. The lowest BCUT2D eigenvalue weighted by Gasteiger charge is -2.21. The second-order valence-corrected chi connectivity index (χ2v) is 29.2. The average Bonchev–Trinajstić information content (AvgIpc) is 2.23. The van der Waals surface area contributed by atoms with Gasteiger partial charge in [0, 0.05) is 25.7 Å². The molecule has 0 radical (unpaired) electrons. The van der Waals surface area contributed by atoms with Gasteiger partial charge in [0.25, 0.3) is 0 Å². The molecule has 0 fully saturated rings. The van der Waals surface area contributed by atoms with Crippen LogP contribution in [-0.2, 0) is 65.4 Å². The number of aliphatic hydroxyl groups is 1. The third-order valence-electron chi connectivity index (χ3n) is 17.1. The van der Waals surface area contributed by atoms with Crippen LogP contribution >= 0.6 is 15.6 Å². The van der Waals surface area contributed by atoms with Gasteiger partial charge in [0.1, 0.15) is 19.3 Å². The highest BCUT2D eigenvalue weighted by Gasteiger charge is 2.30. The Labute approximate surface area is 562 Å². The number of ether oxygens (including phenoxy) is 4. The molecule has 0 aliphatic carbocycles. The summed E-state index contributed by atoms with van der Waals surface area (Å²) >= 11 is 0. The molecular weight excluding hydrogens is 1210 g/mol. The Morgan fingerprint density at radius 1 is 0.261 bits per heavy atom. The molecule has 3 N–H and O–H groups in total. The van der Waals surface area contributed by atoms with Crippen molar-refractivity contribution in [1.82, 2.24) is 0 Å². The Bertz CT molecular complexity index is 1760. The third kappa shape index (κ3) is 66.7. The summed E-state index contributed by atoms with van der Waals surface area (Å²) in [5.74, 6) is -2.13. The Balaban J connectivity index is 5.10. The summed E-state index contributed by atoms with van der Waals surface area (Å²) < 4.78 is 68.1. The number of phosphoric ester groups is 2. The highest BCUT2D eigenvalue weighted by atomic mass is 31.2. The fraction of sp³-hybridized carbons (Fsp3) is 0.945. The van der Waals surface area contributed by atoms with Gasteiger partial charge in [0.15, 0.2) is 12.2 Å². The highest BCUT2D eigenvalue weighted by molar-refractivity contribution is 7.47. The molecule has 0 saturated carbocycles. The molecule has 546 valence electrons. The highest BCUT2D eigenvalue weighted by Crippen LogP contribution is 2.45. The summed E-state index contributed by atoms with van der Waals surface area (Å²) in [6.45, 7) is 4.86. The van der Waals surface area contributed by atoms with Crippen molar-refractivity contribution in [3.8, 4) is 0 Å². The standard InChI is InChI=1S/C73H142O17P2/c1-5-9-13-17-20-23-25-27-29-31-33-35-37-39-41-44-46-50-54-58-71(76)84-64-69(90-73(78)60-56-52-48-45-42-40-38-36-34-32-30-28-26-24-21-18-14-10-6-2)66-88-92(81,82)86-62-67(74)61-85-91(79,80)87-65-68(63-83-70(75)57-53-49-16-12-8-4)89-72(77)59-55-51-47-43-22-19-15-11-7-3/h67-69,74H,5-66H2,1-4H3,(H,79,80)(H,81,82)/t67-,68+,69+/m0/s1. The van der Waals surface area contributed by atoms with Crippen molar-refractivity contribution in [3.63, 3.8) is 0 Å². The quantitative estimate of drug-likeness (QED) is 0.0222. The molecule has 0 aromatic heterocycles. The lowest BCUT2D eigenvalue weighted by atomic mass is 10.0. The lowest BCUT2D eigenvalue weighted by Crippen LogP contribution is -2.30. The summed E-state index contributed by atoms with van der Waals surface area (Å²) in [7, 11) is -9.89. The minimum atomic E-state index is -4.95. The fourth-order valence-corrected chi connectivity index (χ4v) is 12.8. The molecular formula is C73H142O17P2. The van der Waals surface area contributed by atoms with E-state index < -0.39 is 97.5 Å². The predicted molar refractivity (Wildman–Crippen MR) is 372 cm³/mol. The van der Waals surface area contributed by atoms with Crippen LogP contribution in [0.2, 0.25) is 0 Å². The molecule has 0 bridgehead atoms. The van der Waals surface area contributed by atoms with Crippen molar-refractivity contribution in [2.75, 3.05) is 39.6 Å². The second-order valence-electron chi connectivity index (χ2n) is 26.3. The maximum Gasteiger partial charge on any atom is 0.472 e. The summed E-state index contributed by atoms with van der Waals surface area (Å²) in [6.07, 6.45) is 57.5. The van der Waals surface area contributed by atoms with Crippen LogP contribution in [0.4, 0.5) is 0 Å². The van der Waals surface area contributed by atoms with Crippen LogP contribution in [0, 0.1) is 0 Å². The minimum absolute atomic E-state index is 0.105. The van der Waals surface area contributed by atoms with Crippen LogP contribution in [0.3, 0.4) is 0 Å². The number of esters is 4. The smallest absolute Gasteiger partial charge is 0.462 e. The molecule has 17 nitrogen and oxygen atoms in total. The first kappa shape index (κ1) is 90.1. The van der Waals surface area contributed by atoms with E-state index in [0.29, 0.717) is 25.7 Å². The van der Waals surface area contributed by atoms with E-state index in [-0.39, 0.29) is 25.7 Å². The molecule has 0 saturated heterocycles. The van der Waals surface area contributed by atoms with Crippen molar-refractivity contribution in [2.45, 2.75) is 406 Å². The summed E-state index contributed by atoms with van der Waals surface area (Å²) in [5.41, 5.74) is 0. The van der Waals surface area contributed by atoms with Gasteiger partial charge in [-0.05, 0) is 25.7 Å². The van der Waals surface area contributed by atoms with Gasteiger partial charge in [-0.2, -0.15) is 0 Å². The Morgan fingerprint density at radius 2 is 0.435 bits per heavy atom. The molecule has 0 aromatic rings. The molecule has 0 aromatic carbocycles. The summed E-state index contributed by atoms with van der Waals surface area (Å²) in [4.78, 5) is 72.3. The van der Waals surface area contributed by atoms with Gasteiger partial charge in [-0.1, -0.05) is 336 Å². The number of phosphoric acid groups is 2. The fourth-order valence-electron chi connectivity index (χ4n) is 11.2. The molecule has 0 aliphatic rings. The van der Waals surface area contributed by atoms with Crippen molar-refractivity contribution in [3.05, 3.63) is 0 Å².